The van der Waals surface area contributed by atoms with E-state index in [0.29, 0.717) is 19.1 Å². The fourth-order valence-electron chi connectivity index (χ4n) is 2.09. The maximum atomic E-state index is 5.76. The van der Waals surface area contributed by atoms with E-state index in [9.17, 15) is 0 Å². The van der Waals surface area contributed by atoms with Crippen LogP contribution < -0.4 is 0 Å². The molecule has 0 aromatic heterocycles. The van der Waals surface area contributed by atoms with Crippen molar-refractivity contribution in [2.45, 2.75) is 39.9 Å². The van der Waals surface area contributed by atoms with Gasteiger partial charge in [0.25, 0.3) is 0 Å². The average molecular weight is 254 g/mol. The molecule has 2 aromatic rings. The number of hydrogen-bond donors (Lipinski definition) is 0. The molecular formula is C18H22O. The number of benzene rings is 2. The molecule has 0 N–H and O–H groups in total. The second-order valence-corrected chi connectivity index (χ2v) is 5.38. The van der Waals surface area contributed by atoms with Crippen LogP contribution in [0.4, 0.5) is 0 Å². The topological polar surface area (TPSA) is 9.23 Å². The summed E-state index contributed by atoms with van der Waals surface area (Å²) in [7, 11) is 0. The quantitative estimate of drug-likeness (QED) is 0.742. The van der Waals surface area contributed by atoms with Crippen LogP contribution >= 0.6 is 0 Å². The summed E-state index contributed by atoms with van der Waals surface area (Å²) in [5.74, 6) is 0.585. The minimum absolute atomic E-state index is 0.585. The Bertz CT molecular complexity index is 511. The molecule has 0 aliphatic carbocycles. The fourth-order valence-corrected chi connectivity index (χ4v) is 2.09. The van der Waals surface area contributed by atoms with Crippen LogP contribution in [0.25, 0.3) is 0 Å². The Hall–Kier alpha value is -1.60. The molecule has 0 bridgehead atoms. The lowest BCUT2D eigenvalue weighted by molar-refractivity contribution is 0.107. The minimum Gasteiger partial charge on any atom is -0.372 e. The van der Waals surface area contributed by atoms with Crippen LogP contribution in [0.3, 0.4) is 0 Å². The van der Waals surface area contributed by atoms with Crippen LogP contribution in [0, 0.1) is 6.92 Å². The van der Waals surface area contributed by atoms with Crippen molar-refractivity contribution in [3.63, 3.8) is 0 Å². The molecule has 0 fully saturated rings. The molecule has 0 saturated heterocycles. The molecule has 0 saturated carbocycles. The van der Waals surface area contributed by atoms with Crippen molar-refractivity contribution in [1.29, 1.82) is 0 Å². The Kier molecular flexibility index (Phi) is 4.75. The number of hydrogen-bond acceptors (Lipinski definition) is 1. The predicted octanol–water partition coefficient (Wildman–Crippen LogP) is 4.84. The van der Waals surface area contributed by atoms with Crippen molar-refractivity contribution < 1.29 is 4.74 Å². The van der Waals surface area contributed by atoms with E-state index in [1.54, 1.807) is 0 Å². The Morgan fingerprint density at radius 2 is 1.58 bits per heavy atom. The van der Waals surface area contributed by atoms with Gasteiger partial charge in [0.05, 0.1) is 13.2 Å². The smallest absolute Gasteiger partial charge is 0.0721 e. The first-order valence-electron chi connectivity index (χ1n) is 6.87. The van der Waals surface area contributed by atoms with E-state index in [1.807, 2.05) is 0 Å². The highest BCUT2D eigenvalue weighted by molar-refractivity contribution is 5.24. The highest BCUT2D eigenvalue weighted by Gasteiger charge is 1.99. The van der Waals surface area contributed by atoms with Gasteiger partial charge < -0.3 is 4.74 Å². The van der Waals surface area contributed by atoms with Crippen LogP contribution in [-0.2, 0) is 18.0 Å². The SMILES string of the molecule is Cc1cccc(COCc2ccc(C(C)C)cc2)c1. The summed E-state index contributed by atoms with van der Waals surface area (Å²) in [5.41, 5.74) is 5.13. The van der Waals surface area contributed by atoms with E-state index >= 15 is 0 Å². The molecule has 19 heavy (non-hydrogen) atoms. The average Bonchev–Trinajstić information content (AvgIpc) is 2.39. The molecule has 0 radical (unpaired) electrons. The van der Waals surface area contributed by atoms with Gasteiger partial charge >= 0.3 is 0 Å². The van der Waals surface area contributed by atoms with Crippen molar-refractivity contribution in [2.75, 3.05) is 0 Å². The first kappa shape index (κ1) is 13.8. The van der Waals surface area contributed by atoms with Crippen molar-refractivity contribution in [3.8, 4) is 0 Å². The third-order valence-corrected chi connectivity index (χ3v) is 3.27. The highest BCUT2D eigenvalue weighted by atomic mass is 16.5. The van der Waals surface area contributed by atoms with Crippen LogP contribution in [0.15, 0.2) is 48.5 Å². The number of rotatable bonds is 5. The van der Waals surface area contributed by atoms with Crippen LogP contribution in [0.5, 0.6) is 0 Å². The van der Waals surface area contributed by atoms with Gasteiger partial charge in [-0.05, 0) is 29.5 Å². The van der Waals surface area contributed by atoms with Gasteiger partial charge in [0, 0.05) is 0 Å². The molecule has 1 nitrogen and oxygen atoms in total. The lowest BCUT2D eigenvalue weighted by atomic mass is 10.0. The van der Waals surface area contributed by atoms with Crippen molar-refractivity contribution in [2.24, 2.45) is 0 Å². The maximum Gasteiger partial charge on any atom is 0.0721 e. The summed E-state index contributed by atoms with van der Waals surface area (Å²) < 4.78 is 5.76. The van der Waals surface area contributed by atoms with Gasteiger partial charge in [-0.1, -0.05) is 67.9 Å². The fraction of sp³-hybridized carbons (Fsp3) is 0.333. The summed E-state index contributed by atoms with van der Waals surface area (Å²) >= 11 is 0. The molecule has 0 aliphatic heterocycles. The van der Waals surface area contributed by atoms with Crippen molar-refractivity contribution >= 4 is 0 Å². The Morgan fingerprint density at radius 1 is 0.895 bits per heavy atom. The minimum atomic E-state index is 0.585. The van der Waals surface area contributed by atoms with Crippen LogP contribution in [0.1, 0.15) is 42.0 Å². The molecule has 0 heterocycles. The van der Waals surface area contributed by atoms with E-state index in [0.717, 1.165) is 0 Å². The largest absolute Gasteiger partial charge is 0.372 e. The summed E-state index contributed by atoms with van der Waals surface area (Å²) in [6, 6.07) is 17.2. The standard InChI is InChI=1S/C18H22O/c1-14(2)18-9-7-16(8-10-18)12-19-13-17-6-4-5-15(3)11-17/h4-11,14H,12-13H2,1-3H3. The molecule has 0 amide bonds. The molecule has 2 aromatic carbocycles. The van der Waals surface area contributed by atoms with Crippen LogP contribution in [0.2, 0.25) is 0 Å². The number of ether oxygens (including phenoxy) is 1. The van der Waals surface area contributed by atoms with E-state index in [1.165, 1.54) is 22.3 Å². The number of aryl methyl sites for hydroxylation is 1. The lowest BCUT2D eigenvalue weighted by Crippen LogP contribution is -1.95. The monoisotopic (exact) mass is 254 g/mol. The molecule has 0 atom stereocenters. The molecule has 0 aliphatic rings. The summed E-state index contributed by atoms with van der Waals surface area (Å²) in [5, 5.41) is 0. The maximum absolute atomic E-state index is 5.76. The normalized spacial score (nSPS) is 10.9. The molecule has 1 heteroatoms. The first-order valence-corrected chi connectivity index (χ1v) is 6.87. The summed E-state index contributed by atoms with van der Waals surface area (Å²) in [6.45, 7) is 7.88. The Labute approximate surface area is 116 Å². The molecule has 2 rings (SSSR count). The van der Waals surface area contributed by atoms with Crippen molar-refractivity contribution in [3.05, 3.63) is 70.8 Å². The molecule has 100 valence electrons. The zero-order valence-electron chi connectivity index (χ0n) is 12.0. The highest BCUT2D eigenvalue weighted by Crippen LogP contribution is 2.15. The van der Waals surface area contributed by atoms with E-state index in [-0.39, 0.29) is 0 Å². The van der Waals surface area contributed by atoms with E-state index in [4.69, 9.17) is 4.74 Å². The third-order valence-electron chi connectivity index (χ3n) is 3.27. The van der Waals surface area contributed by atoms with Gasteiger partial charge in [-0.2, -0.15) is 0 Å². The third kappa shape index (κ3) is 4.22. The zero-order valence-corrected chi connectivity index (χ0v) is 12.0. The Balaban J connectivity index is 1.85. The van der Waals surface area contributed by atoms with E-state index in [2.05, 4.69) is 69.3 Å². The van der Waals surface area contributed by atoms with Gasteiger partial charge in [0.1, 0.15) is 0 Å². The zero-order chi connectivity index (χ0) is 13.7. The molecule has 0 spiro atoms. The second-order valence-electron chi connectivity index (χ2n) is 5.38. The molecular weight excluding hydrogens is 232 g/mol. The molecule has 0 unspecified atom stereocenters. The van der Waals surface area contributed by atoms with Gasteiger partial charge in [0.15, 0.2) is 0 Å². The van der Waals surface area contributed by atoms with Gasteiger partial charge in [-0.15, -0.1) is 0 Å². The van der Waals surface area contributed by atoms with Crippen molar-refractivity contribution in [1.82, 2.24) is 0 Å². The predicted molar refractivity (Wildman–Crippen MR) is 80.2 cm³/mol. The summed E-state index contributed by atoms with van der Waals surface area (Å²) in [6.07, 6.45) is 0. The van der Waals surface area contributed by atoms with Gasteiger partial charge in [-0.3, -0.25) is 0 Å². The second kappa shape index (κ2) is 6.53. The van der Waals surface area contributed by atoms with E-state index < -0.39 is 0 Å². The lowest BCUT2D eigenvalue weighted by Gasteiger charge is -2.08. The summed E-state index contributed by atoms with van der Waals surface area (Å²) in [4.78, 5) is 0. The Morgan fingerprint density at radius 3 is 2.21 bits per heavy atom. The van der Waals surface area contributed by atoms with Gasteiger partial charge in [-0.25, -0.2) is 0 Å². The van der Waals surface area contributed by atoms with Crippen LogP contribution in [-0.4, -0.2) is 0 Å². The van der Waals surface area contributed by atoms with Gasteiger partial charge in [0.2, 0.25) is 0 Å². The first-order chi connectivity index (χ1) is 9.15.